The minimum atomic E-state index is 0.102. The van der Waals surface area contributed by atoms with Crippen LogP contribution < -0.4 is 0 Å². The first-order chi connectivity index (χ1) is 6.29. The van der Waals surface area contributed by atoms with Crippen molar-refractivity contribution in [2.45, 2.75) is 11.9 Å². The number of rotatable bonds is 3. The second kappa shape index (κ2) is 4.85. The van der Waals surface area contributed by atoms with E-state index in [2.05, 4.69) is 11.1 Å². The molecule has 4 heteroatoms. The molecular formula is C9H10N2OS. The van der Waals surface area contributed by atoms with Gasteiger partial charge in [-0.3, -0.25) is 0 Å². The van der Waals surface area contributed by atoms with Crippen molar-refractivity contribution in [3.05, 3.63) is 23.4 Å². The Kier molecular flexibility index (Phi) is 3.74. The molecular weight excluding hydrogens is 184 g/mol. The molecule has 68 valence electrons. The summed E-state index contributed by atoms with van der Waals surface area (Å²) < 4.78 is 0. The van der Waals surface area contributed by atoms with E-state index in [0.29, 0.717) is 16.3 Å². The highest BCUT2D eigenvalue weighted by molar-refractivity contribution is 7.99. The molecule has 0 fully saturated rings. The molecule has 0 spiro atoms. The summed E-state index contributed by atoms with van der Waals surface area (Å²) in [6.45, 7) is 1.98. The summed E-state index contributed by atoms with van der Waals surface area (Å²) in [7, 11) is 0. The first-order valence-corrected chi connectivity index (χ1v) is 4.87. The second-order valence-corrected chi connectivity index (χ2v) is 3.58. The lowest BCUT2D eigenvalue weighted by atomic mass is 10.2. The molecule has 1 rings (SSSR count). The van der Waals surface area contributed by atoms with Crippen molar-refractivity contribution in [3.63, 3.8) is 0 Å². The summed E-state index contributed by atoms with van der Waals surface area (Å²) in [5.41, 5.74) is 1.54. The Morgan fingerprint density at radius 3 is 3.08 bits per heavy atom. The number of nitrogens with zero attached hydrogens (tertiary/aromatic N) is 2. The molecule has 13 heavy (non-hydrogen) atoms. The molecule has 0 amide bonds. The fourth-order valence-corrected chi connectivity index (χ4v) is 1.69. The van der Waals surface area contributed by atoms with Gasteiger partial charge in [-0.1, -0.05) is 0 Å². The Morgan fingerprint density at radius 1 is 1.69 bits per heavy atom. The third-order valence-corrected chi connectivity index (χ3v) is 2.54. The smallest absolute Gasteiger partial charge is 0.114 e. The molecule has 0 aromatic carbocycles. The fraction of sp³-hybridized carbons (Fsp3) is 0.333. The zero-order chi connectivity index (χ0) is 9.68. The zero-order valence-corrected chi connectivity index (χ0v) is 8.14. The topological polar surface area (TPSA) is 56.9 Å². The molecule has 0 unspecified atom stereocenters. The third-order valence-electron chi connectivity index (χ3n) is 1.57. The van der Waals surface area contributed by atoms with Gasteiger partial charge in [0.15, 0.2) is 0 Å². The van der Waals surface area contributed by atoms with Crippen molar-refractivity contribution in [1.82, 2.24) is 4.98 Å². The van der Waals surface area contributed by atoms with E-state index in [1.54, 1.807) is 6.20 Å². The molecule has 1 aromatic rings. The van der Waals surface area contributed by atoms with Gasteiger partial charge in [0.2, 0.25) is 0 Å². The van der Waals surface area contributed by atoms with Crippen molar-refractivity contribution in [3.8, 4) is 6.07 Å². The quantitative estimate of drug-likeness (QED) is 0.738. The minimum Gasteiger partial charge on any atom is -0.396 e. The van der Waals surface area contributed by atoms with Crippen LogP contribution in [0.15, 0.2) is 17.3 Å². The van der Waals surface area contributed by atoms with Crippen LogP contribution >= 0.6 is 11.8 Å². The van der Waals surface area contributed by atoms with E-state index in [1.807, 2.05) is 13.0 Å². The van der Waals surface area contributed by atoms with Gasteiger partial charge in [-0.05, 0) is 18.6 Å². The number of aryl methyl sites for hydroxylation is 1. The summed E-state index contributed by atoms with van der Waals surface area (Å²) in [5.74, 6) is 0.575. The number of thioether (sulfide) groups is 1. The predicted octanol–water partition coefficient (Wildman–Crippen LogP) is 1.35. The van der Waals surface area contributed by atoms with Crippen LogP contribution in [-0.2, 0) is 0 Å². The first-order valence-electron chi connectivity index (χ1n) is 3.89. The average molecular weight is 194 g/mol. The van der Waals surface area contributed by atoms with Crippen LogP contribution in [0.2, 0.25) is 0 Å². The Bertz CT molecular complexity index is 333. The summed E-state index contributed by atoms with van der Waals surface area (Å²) in [4.78, 5) is 4.08. The fourth-order valence-electron chi connectivity index (χ4n) is 0.921. The molecule has 0 saturated carbocycles. The maximum Gasteiger partial charge on any atom is 0.114 e. The maximum atomic E-state index is 8.83. The molecule has 0 saturated heterocycles. The third kappa shape index (κ3) is 2.44. The van der Waals surface area contributed by atoms with Crippen LogP contribution in [0.4, 0.5) is 0 Å². The molecule has 0 bridgehead atoms. The van der Waals surface area contributed by atoms with Crippen LogP contribution in [0, 0.1) is 18.3 Å². The molecule has 0 aliphatic carbocycles. The van der Waals surface area contributed by atoms with E-state index in [4.69, 9.17) is 10.4 Å². The Morgan fingerprint density at radius 2 is 2.46 bits per heavy atom. The highest BCUT2D eigenvalue weighted by atomic mass is 32.2. The Hall–Kier alpha value is -1.05. The Balaban J connectivity index is 2.93. The van der Waals surface area contributed by atoms with E-state index in [0.717, 1.165) is 5.56 Å². The molecule has 1 N–H and O–H groups in total. The molecule has 0 atom stereocenters. The zero-order valence-electron chi connectivity index (χ0n) is 7.32. The van der Waals surface area contributed by atoms with E-state index < -0.39 is 0 Å². The van der Waals surface area contributed by atoms with E-state index in [-0.39, 0.29) is 6.61 Å². The van der Waals surface area contributed by atoms with Gasteiger partial charge in [-0.15, -0.1) is 11.8 Å². The summed E-state index contributed by atoms with van der Waals surface area (Å²) in [5, 5.41) is 18.2. The largest absolute Gasteiger partial charge is 0.396 e. The number of hydrogen-bond acceptors (Lipinski definition) is 4. The number of aliphatic hydroxyl groups is 1. The monoisotopic (exact) mass is 194 g/mol. The van der Waals surface area contributed by atoms with Gasteiger partial charge in [-0.2, -0.15) is 5.26 Å². The lowest BCUT2D eigenvalue weighted by Gasteiger charge is -2.02. The highest BCUT2D eigenvalue weighted by Crippen LogP contribution is 2.21. The molecule has 0 aliphatic heterocycles. The maximum absolute atomic E-state index is 8.83. The van der Waals surface area contributed by atoms with Crippen molar-refractivity contribution >= 4 is 11.8 Å². The average Bonchev–Trinajstić information content (AvgIpc) is 2.15. The van der Waals surface area contributed by atoms with Gasteiger partial charge in [0, 0.05) is 11.9 Å². The molecule has 0 radical (unpaired) electrons. The van der Waals surface area contributed by atoms with Crippen molar-refractivity contribution in [1.29, 1.82) is 5.26 Å². The summed E-state index contributed by atoms with van der Waals surface area (Å²) >= 11 is 1.40. The van der Waals surface area contributed by atoms with Gasteiger partial charge in [-0.25, -0.2) is 4.98 Å². The van der Waals surface area contributed by atoms with Crippen molar-refractivity contribution in [2.75, 3.05) is 12.4 Å². The SMILES string of the molecule is Cc1ccnc(SCCO)c1C#N. The van der Waals surface area contributed by atoms with Gasteiger partial charge in [0.25, 0.3) is 0 Å². The van der Waals surface area contributed by atoms with Gasteiger partial charge in [0.05, 0.1) is 12.2 Å². The van der Waals surface area contributed by atoms with Crippen molar-refractivity contribution < 1.29 is 5.11 Å². The van der Waals surface area contributed by atoms with E-state index in [9.17, 15) is 0 Å². The number of nitriles is 1. The lowest BCUT2D eigenvalue weighted by molar-refractivity contribution is 0.322. The number of aliphatic hydroxyl groups excluding tert-OH is 1. The van der Waals surface area contributed by atoms with Gasteiger partial charge >= 0.3 is 0 Å². The van der Waals surface area contributed by atoms with Crippen LogP contribution in [0.5, 0.6) is 0 Å². The van der Waals surface area contributed by atoms with Crippen LogP contribution in [0.3, 0.4) is 0 Å². The van der Waals surface area contributed by atoms with Crippen molar-refractivity contribution in [2.24, 2.45) is 0 Å². The molecule has 1 aromatic heterocycles. The van der Waals surface area contributed by atoms with Crippen LogP contribution in [-0.4, -0.2) is 22.5 Å². The van der Waals surface area contributed by atoms with E-state index in [1.165, 1.54) is 11.8 Å². The highest BCUT2D eigenvalue weighted by Gasteiger charge is 2.05. The van der Waals surface area contributed by atoms with Gasteiger partial charge in [0.1, 0.15) is 11.1 Å². The molecule has 0 aliphatic rings. The molecule has 3 nitrogen and oxygen atoms in total. The van der Waals surface area contributed by atoms with Crippen LogP contribution in [0.25, 0.3) is 0 Å². The minimum absolute atomic E-state index is 0.102. The normalized spacial score (nSPS) is 9.62. The summed E-state index contributed by atoms with van der Waals surface area (Å²) in [6.07, 6.45) is 1.68. The van der Waals surface area contributed by atoms with Gasteiger partial charge < -0.3 is 5.11 Å². The standard InChI is InChI=1S/C9H10N2OS/c1-7-2-3-11-9(8(7)6-10)13-5-4-12/h2-3,12H,4-5H2,1H3. The number of aromatic nitrogens is 1. The number of hydrogen-bond donors (Lipinski definition) is 1. The second-order valence-electron chi connectivity index (χ2n) is 2.49. The first kappa shape index (κ1) is 10.0. The molecule has 1 heterocycles. The van der Waals surface area contributed by atoms with E-state index >= 15 is 0 Å². The van der Waals surface area contributed by atoms with Crippen LogP contribution in [0.1, 0.15) is 11.1 Å². The Labute approximate surface area is 81.4 Å². The lowest BCUT2D eigenvalue weighted by Crippen LogP contribution is -1.93. The summed E-state index contributed by atoms with van der Waals surface area (Å²) in [6, 6.07) is 3.91. The predicted molar refractivity (Wildman–Crippen MR) is 51.5 cm³/mol. The number of pyridine rings is 1.